The Bertz CT molecular complexity index is 1130. The topological polar surface area (TPSA) is 26.0 Å². The standard InChI is InChI=1S/C24H23ClN4S/c1-27(22(18-9-5-3-6-10-18)19-11-7-4-8-12-19)17-29-24(30)28(2)23(26-29)20-13-15-21(25)16-14-20/h3-16,22H,17H2,1-2H3. The molecule has 0 N–H and O–H groups in total. The van der Waals surface area contributed by atoms with Crippen LogP contribution in [0.5, 0.6) is 0 Å². The van der Waals surface area contributed by atoms with E-state index in [-0.39, 0.29) is 6.04 Å². The summed E-state index contributed by atoms with van der Waals surface area (Å²) in [6, 6.07) is 28.8. The third-order valence-electron chi connectivity index (χ3n) is 5.17. The molecule has 0 saturated heterocycles. The van der Waals surface area contributed by atoms with Crippen LogP contribution in [-0.4, -0.2) is 26.3 Å². The van der Waals surface area contributed by atoms with Crippen LogP contribution in [0.4, 0.5) is 0 Å². The minimum atomic E-state index is 0.0929. The fraction of sp³-hybridized carbons (Fsp3) is 0.167. The molecule has 30 heavy (non-hydrogen) atoms. The summed E-state index contributed by atoms with van der Waals surface area (Å²) in [6.07, 6.45) is 0. The number of hydrogen-bond donors (Lipinski definition) is 0. The van der Waals surface area contributed by atoms with E-state index in [1.165, 1.54) is 11.1 Å². The minimum Gasteiger partial charge on any atom is -0.303 e. The Kier molecular flexibility index (Phi) is 6.13. The van der Waals surface area contributed by atoms with Gasteiger partial charge in [0.05, 0.1) is 12.7 Å². The molecule has 0 amide bonds. The van der Waals surface area contributed by atoms with Crippen LogP contribution in [0.1, 0.15) is 17.2 Å². The van der Waals surface area contributed by atoms with Crippen molar-refractivity contribution in [3.63, 3.8) is 0 Å². The highest BCUT2D eigenvalue weighted by molar-refractivity contribution is 7.71. The van der Waals surface area contributed by atoms with Gasteiger partial charge in [0.15, 0.2) is 10.6 Å². The van der Waals surface area contributed by atoms with E-state index < -0.39 is 0 Å². The fourth-order valence-electron chi connectivity index (χ4n) is 3.70. The Morgan fingerprint density at radius 2 is 1.43 bits per heavy atom. The molecule has 0 saturated carbocycles. The van der Waals surface area contributed by atoms with Crippen molar-refractivity contribution in [2.75, 3.05) is 7.05 Å². The highest BCUT2D eigenvalue weighted by atomic mass is 35.5. The summed E-state index contributed by atoms with van der Waals surface area (Å²) in [6.45, 7) is 0.564. The molecule has 0 fully saturated rings. The van der Waals surface area contributed by atoms with Crippen LogP contribution in [0, 0.1) is 4.77 Å². The van der Waals surface area contributed by atoms with Gasteiger partial charge in [-0.3, -0.25) is 4.90 Å². The Hall–Kier alpha value is -2.73. The first-order valence-corrected chi connectivity index (χ1v) is 10.5. The number of nitrogens with zero attached hydrogens (tertiary/aromatic N) is 4. The number of aromatic nitrogens is 3. The van der Waals surface area contributed by atoms with Crippen molar-refractivity contribution in [3.8, 4) is 11.4 Å². The van der Waals surface area contributed by atoms with E-state index in [1.54, 1.807) is 0 Å². The highest BCUT2D eigenvalue weighted by Crippen LogP contribution is 2.28. The molecule has 0 atom stereocenters. The second kappa shape index (κ2) is 8.96. The van der Waals surface area contributed by atoms with Gasteiger partial charge in [-0.15, -0.1) is 0 Å². The zero-order valence-corrected chi connectivity index (χ0v) is 18.5. The number of halogens is 1. The van der Waals surface area contributed by atoms with Gasteiger partial charge in [-0.25, -0.2) is 4.68 Å². The Labute approximate surface area is 187 Å². The molecule has 4 aromatic rings. The van der Waals surface area contributed by atoms with Crippen LogP contribution in [0.15, 0.2) is 84.9 Å². The lowest BCUT2D eigenvalue weighted by molar-refractivity contribution is 0.208. The molecule has 0 unspecified atom stereocenters. The summed E-state index contributed by atoms with van der Waals surface area (Å²) in [5.41, 5.74) is 3.44. The maximum absolute atomic E-state index is 6.04. The van der Waals surface area contributed by atoms with E-state index in [9.17, 15) is 0 Å². The summed E-state index contributed by atoms with van der Waals surface area (Å²) in [4.78, 5) is 2.26. The van der Waals surface area contributed by atoms with E-state index >= 15 is 0 Å². The van der Waals surface area contributed by atoms with Crippen molar-refractivity contribution >= 4 is 23.8 Å². The van der Waals surface area contributed by atoms with Gasteiger partial charge in [0.1, 0.15) is 0 Å². The molecule has 0 aliphatic carbocycles. The molecular weight excluding hydrogens is 412 g/mol. The first kappa shape index (κ1) is 20.5. The lowest BCUT2D eigenvalue weighted by Gasteiger charge is -2.28. The lowest BCUT2D eigenvalue weighted by Crippen LogP contribution is -2.28. The molecule has 0 bridgehead atoms. The normalized spacial score (nSPS) is 11.4. The predicted molar refractivity (Wildman–Crippen MR) is 125 cm³/mol. The first-order valence-electron chi connectivity index (χ1n) is 9.74. The van der Waals surface area contributed by atoms with Crippen LogP contribution in [-0.2, 0) is 13.7 Å². The van der Waals surface area contributed by atoms with Crippen molar-refractivity contribution in [2.45, 2.75) is 12.7 Å². The maximum atomic E-state index is 6.04. The average molecular weight is 435 g/mol. The van der Waals surface area contributed by atoms with Gasteiger partial charge < -0.3 is 4.57 Å². The lowest BCUT2D eigenvalue weighted by atomic mass is 9.98. The van der Waals surface area contributed by atoms with Gasteiger partial charge in [-0.05, 0) is 54.7 Å². The monoisotopic (exact) mass is 434 g/mol. The second-order valence-electron chi connectivity index (χ2n) is 7.29. The molecule has 0 spiro atoms. The van der Waals surface area contributed by atoms with Gasteiger partial charge in [-0.2, -0.15) is 5.10 Å². The molecule has 1 aromatic heterocycles. The summed E-state index contributed by atoms with van der Waals surface area (Å²) in [5.74, 6) is 0.820. The Morgan fingerprint density at radius 1 is 0.900 bits per heavy atom. The van der Waals surface area contributed by atoms with E-state index in [1.807, 2.05) is 52.7 Å². The van der Waals surface area contributed by atoms with Crippen molar-refractivity contribution in [2.24, 2.45) is 7.05 Å². The van der Waals surface area contributed by atoms with Crippen molar-refractivity contribution in [1.29, 1.82) is 0 Å². The van der Waals surface area contributed by atoms with E-state index in [4.69, 9.17) is 28.9 Å². The van der Waals surface area contributed by atoms with Crippen LogP contribution < -0.4 is 0 Å². The zero-order chi connectivity index (χ0) is 21.1. The molecular formula is C24H23ClN4S. The fourth-order valence-corrected chi connectivity index (χ4v) is 4.01. The molecule has 0 aliphatic heterocycles. The first-order chi connectivity index (χ1) is 14.5. The summed E-state index contributed by atoms with van der Waals surface area (Å²) < 4.78 is 4.48. The second-order valence-corrected chi connectivity index (χ2v) is 8.10. The number of rotatable bonds is 6. The van der Waals surface area contributed by atoms with E-state index in [0.29, 0.717) is 16.5 Å². The Morgan fingerprint density at radius 3 is 1.97 bits per heavy atom. The van der Waals surface area contributed by atoms with Crippen molar-refractivity contribution in [3.05, 3.63) is 106 Å². The SMILES string of the molecule is CN(Cn1nc(-c2ccc(Cl)cc2)n(C)c1=S)C(c1ccccc1)c1ccccc1. The highest BCUT2D eigenvalue weighted by Gasteiger charge is 2.21. The average Bonchev–Trinajstić information content (AvgIpc) is 3.04. The van der Waals surface area contributed by atoms with Crippen molar-refractivity contribution < 1.29 is 0 Å². The maximum Gasteiger partial charge on any atom is 0.199 e. The molecule has 6 heteroatoms. The number of benzene rings is 3. The van der Waals surface area contributed by atoms with Crippen molar-refractivity contribution in [1.82, 2.24) is 19.2 Å². The van der Waals surface area contributed by atoms with Gasteiger partial charge in [0.2, 0.25) is 0 Å². The molecule has 152 valence electrons. The smallest absolute Gasteiger partial charge is 0.199 e. The third-order valence-corrected chi connectivity index (χ3v) is 5.91. The third kappa shape index (κ3) is 4.24. The van der Waals surface area contributed by atoms with Gasteiger partial charge in [-0.1, -0.05) is 72.3 Å². The van der Waals surface area contributed by atoms with Crippen LogP contribution >= 0.6 is 23.8 Å². The zero-order valence-electron chi connectivity index (χ0n) is 16.9. The summed E-state index contributed by atoms with van der Waals surface area (Å²) in [7, 11) is 4.05. The minimum absolute atomic E-state index is 0.0929. The van der Waals surface area contributed by atoms with Gasteiger partial charge in [0.25, 0.3) is 0 Å². The molecule has 0 aliphatic rings. The molecule has 0 radical (unpaired) electrons. The molecule has 4 rings (SSSR count). The molecule has 4 nitrogen and oxygen atoms in total. The quantitative estimate of drug-likeness (QED) is 0.351. The number of hydrogen-bond acceptors (Lipinski definition) is 3. The van der Waals surface area contributed by atoms with Crippen LogP contribution in [0.3, 0.4) is 0 Å². The van der Waals surface area contributed by atoms with Crippen LogP contribution in [0.25, 0.3) is 11.4 Å². The van der Waals surface area contributed by atoms with E-state index in [2.05, 4.69) is 60.5 Å². The molecule has 3 aromatic carbocycles. The van der Waals surface area contributed by atoms with E-state index in [0.717, 1.165) is 11.4 Å². The largest absolute Gasteiger partial charge is 0.303 e. The predicted octanol–water partition coefficient (Wildman–Crippen LogP) is 5.95. The molecule has 1 heterocycles. The summed E-state index contributed by atoms with van der Waals surface area (Å²) >= 11 is 11.7. The van der Waals surface area contributed by atoms with Crippen LogP contribution in [0.2, 0.25) is 5.02 Å². The van der Waals surface area contributed by atoms with Gasteiger partial charge >= 0.3 is 0 Å². The van der Waals surface area contributed by atoms with Gasteiger partial charge in [0, 0.05) is 17.6 Å². The summed E-state index contributed by atoms with van der Waals surface area (Å²) in [5, 5.41) is 5.51. The Balaban J connectivity index is 1.68.